The molecule has 1 aliphatic carbocycles. The van der Waals surface area contributed by atoms with Crippen LogP contribution in [0.2, 0.25) is 0 Å². The molecule has 1 saturated carbocycles. The second kappa shape index (κ2) is 6.48. The van der Waals surface area contributed by atoms with E-state index in [0.717, 1.165) is 12.8 Å². The topological polar surface area (TPSA) is 55.8 Å². The van der Waals surface area contributed by atoms with Gasteiger partial charge in [-0.3, -0.25) is 14.5 Å². The quantitative estimate of drug-likeness (QED) is 0.598. The van der Waals surface area contributed by atoms with Crippen LogP contribution in [-0.2, 0) is 19.1 Å². The number of hydrogen-bond acceptors (Lipinski definition) is 5. The monoisotopic (exact) mass is 229 g/mol. The van der Waals surface area contributed by atoms with Gasteiger partial charge in [-0.25, -0.2) is 0 Å². The van der Waals surface area contributed by atoms with E-state index in [1.165, 1.54) is 7.11 Å². The van der Waals surface area contributed by atoms with E-state index in [1.54, 1.807) is 6.92 Å². The van der Waals surface area contributed by atoms with Crippen LogP contribution in [0.25, 0.3) is 0 Å². The molecule has 0 atom stereocenters. The van der Waals surface area contributed by atoms with Gasteiger partial charge in [0.2, 0.25) is 0 Å². The maximum absolute atomic E-state index is 11.3. The van der Waals surface area contributed by atoms with Crippen molar-refractivity contribution in [1.29, 1.82) is 0 Å². The molecule has 0 unspecified atom stereocenters. The van der Waals surface area contributed by atoms with Crippen molar-refractivity contribution in [2.24, 2.45) is 0 Å². The number of carbonyl (C=O) groups excluding carboxylic acids is 2. The van der Waals surface area contributed by atoms with E-state index >= 15 is 0 Å². The zero-order valence-corrected chi connectivity index (χ0v) is 9.90. The molecule has 0 bridgehead atoms. The van der Waals surface area contributed by atoms with Crippen LogP contribution in [0.1, 0.15) is 26.2 Å². The maximum atomic E-state index is 11.3. The van der Waals surface area contributed by atoms with E-state index in [2.05, 4.69) is 4.74 Å². The fraction of sp³-hybridized carbons (Fsp3) is 0.818. The van der Waals surface area contributed by atoms with Gasteiger partial charge >= 0.3 is 11.9 Å². The standard InChI is InChI=1S/C11H19NO4/c1-3-16-11(14)8-12(9-4-5-9)7-6-10(13)15-2/h9H,3-8H2,1-2H3. The van der Waals surface area contributed by atoms with Crippen molar-refractivity contribution >= 4 is 11.9 Å². The first-order valence-corrected chi connectivity index (χ1v) is 5.63. The van der Waals surface area contributed by atoms with Crippen molar-refractivity contribution in [3.63, 3.8) is 0 Å². The largest absolute Gasteiger partial charge is 0.469 e. The van der Waals surface area contributed by atoms with Crippen LogP contribution in [0.4, 0.5) is 0 Å². The number of methoxy groups -OCH3 is 1. The molecule has 0 aliphatic heterocycles. The first-order chi connectivity index (χ1) is 7.67. The number of esters is 2. The van der Waals surface area contributed by atoms with Gasteiger partial charge < -0.3 is 9.47 Å². The molecule has 16 heavy (non-hydrogen) atoms. The van der Waals surface area contributed by atoms with Crippen molar-refractivity contribution in [3.8, 4) is 0 Å². The van der Waals surface area contributed by atoms with Crippen LogP contribution in [0, 0.1) is 0 Å². The molecule has 0 saturated heterocycles. The molecule has 0 radical (unpaired) electrons. The Kier molecular flexibility index (Phi) is 5.25. The van der Waals surface area contributed by atoms with Gasteiger partial charge in [0.05, 0.1) is 26.7 Å². The second-order valence-electron chi connectivity index (χ2n) is 3.83. The minimum atomic E-state index is -0.241. The Morgan fingerprint density at radius 3 is 2.50 bits per heavy atom. The summed E-state index contributed by atoms with van der Waals surface area (Å²) in [5, 5.41) is 0. The molecule has 1 rings (SSSR count). The number of hydrogen-bond donors (Lipinski definition) is 0. The van der Waals surface area contributed by atoms with Gasteiger partial charge in [0.1, 0.15) is 0 Å². The SMILES string of the molecule is CCOC(=O)CN(CCC(=O)OC)C1CC1. The lowest BCUT2D eigenvalue weighted by molar-refractivity contribution is -0.146. The highest BCUT2D eigenvalue weighted by molar-refractivity contribution is 5.72. The van der Waals surface area contributed by atoms with Gasteiger partial charge in [-0.05, 0) is 19.8 Å². The summed E-state index contributed by atoms with van der Waals surface area (Å²) in [5.41, 5.74) is 0. The lowest BCUT2D eigenvalue weighted by Crippen LogP contribution is -2.34. The fourth-order valence-electron chi connectivity index (χ4n) is 1.54. The van der Waals surface area contributed by atoms with Crippen LogP contribution < -0.4 is 0 Å². The number of ether oxygens (including phenoxy) is 2. The third kappa shape index (κ3) is 4.61. The molecule has 0 aromatic carbocycles. The third-order valence-electron chi connectivity index (χ3n) is 2.53. The molecule has 1 aliphatic rings. The summed E-state index contributed by atoms with van der Waals surface area (Å²) in [5.74, 6) is -0.464. The van der Waals surface area contributed by atoms with E-state index in [-0.39, 0.29) is 18.5 Å². The summed E-state index contributed by atoms with van der Waals surface area (Å²) in [6.07, 6.45) is 2.52. The molecular formula is C11H19NO4. The molecule has 92 valence electrons. The van der Waals surface area contributed by atoms with Crippen molar-refractivity contribution < 1.29 is 19.1 Å². The van der Waals surface area contributed by atoms with E-state index in [9.17, 15) is 9.59 Å². The van der Waals surface area contributed by atoms with E-state index in [0.29, 0.717) is 25.6 Å². The zero-order valence-electron chi connectivity index (χ0n) is 9.90. The summed E-state index contributed by atoms with van der Waals surface area (Å²) < 4.78 is 9.46. The molecule has 0 spiro atoms. The van der Waals surface area contributed by atoms with Crippen molar-refractivity contribution in [2.45, 2.75) is 32.2 Å². The van der Waals surface area contributed by atoms with Crippen LogP contribution in [-0.4, -0.2) is 49.7 Å². The first kappa shape index (κ1) is 13.0. The summed E-state index contributed by atoms with van der Waals surface area (Å²) in [6.45, 7) is 3.02. The lowest BCUT2D eigenvalue weighted by atomic mass is 10.3. The molecule has 1 fully saturated rings. The second-order valence-corrected chi connectivity index (χ2v) is 3.83. The van der Waals surface area contributed by atoms with Crippen LogP contribution in [0.3, 0.4) is 0 Å². The predicted octanol–water partition coefficient (Wildman–Crippen LogP) is 0.577. The van der Waals surface area contributed by atoms with Gasteiger partial charge in [-0.1, -0.05) is 0 Å². The van der Waals surface area contributed by atoms with Gasteiger partial charge in [-0.15, -0.1) is 0 Å². The maximum Gasteiger partial charge on any atom is 0.320 e. The molecule has 0 amide bonds. The van der Waals surface area contributed by atoms with E-state index in [1.807, 2.05) is 4.90 Å². The van der Waals surface area contributed by atoms with Crippen LogP contribution >= 0.6 is 0 Å². The van der Waals surface area contributed by atoms with Crippen molar-refractivity contribution in [3.05, 3.63) is 0 Å². The summed E-state index contributed by atoms with van der Waals surface area (Å²) >= 11 is 0. The minimum Gasteiger partial charge on any atom is -0.469 e. The van der Waals surface area contributed by atoms with Crippen LogP contribution in [0.5, 0.6) is 0 Å². The fourth-order valence-corrected chi connectivity index (χ4v) is 1.54. The number of rotatable bonds is 7. The summed E-state index contributed by atoms with van der Waals surface area (Å²) in [6, 6.07) is 0.439. The predicted molar refractivity (Wildman–Crippen MR) is 57.9 cm³/mol. The summed E-state index contributed by atoms with van der Waals surface area (Å²) in [4.78, 5) is 24.3. The zero-order chi connectivity index (χ0) is 12.0. The van der Waals surface area contributed by atoms with Crippen LogP contribution in [0.15, 0.2) is 0 Å². The number of nitrogens with zero attached hydrogens (tertiary/aromatic N) is 1. The minimum absolute atomic E-state index is 0.223. The Hall–Kier alpha value is -1.10. The average molecular weight is 229 g/mol. The van der Waals surface area contributed by atoms with Crippen molar-refractivity contribution in [2.75, 3.05) is 26.8 Å². The van der Waals surface area contributed by atoms with E-state index < -0.39 is 0 Å². The van der Waals surface area contributed by atoms with Crippen molar-refractivity contribution in [1.82, 2.24) is 4.90 Å². The molecule has 0 aromatic heterocycles. The normalized spacial score (nSPS) is 14.9. The third-order valence-corrected chi connectivity index (χ3v) is 2.53. The number of carbonyl (C=O) groups is 2. The Morgan fingerprint density at radius 2 is 2.00 bits per heavy atom. The Bertz CT molecular complexity index is 250. The highest BCUT2D eigenvalue weighted by Crippen LogP contribution is 2.26. The molecule has 0 aromatic rings. The van der Waals surface area contributed by atoms with Gasteiger partial charge in [-0.2, -0.15) is 0 Å². The molecule has 5 nitrogen and oxygen atoms in total. The van der Waals surface area contributed by atoms with E-state index in [4.69, 9.17) is 4.74 Å². The Labute approximate surface area is 95.7 Å². The highest BCUT2D eigenvalue weighted by atomic mass is 16.5. The Balaban J connectivity index is 2.30. The van der Waals surface area contributed by atoms with Gasteiger partial charge in [0.15, 0.2) is 0 Å². The molecular weight excluding hydrogens is 210 g/mol. The first-order valence-electron chi connectivity index (χ1n) is 5.63. The van der Waals surface area contributed by atoms with Gasteiger partial charge in [0.25, 0.3) is 0 Å². The highest BCUT2D eigenvalue weighted by Gasteiger charge is 2.30. The lowest BCUT2D eigenvalue weighted by Gasteiger charge is -2.19. The molecule has 0 N–H and O–H groups in total. The smallest absolute Gasteiger partial charge is 0.320 e. The van der Waals surface area contributed by atoms with Gasteiger partial charge in [0, 0.05) is 12.6 Å². The average Bonchev–Trinajstić information content (AvgIpc) is 3.07. The summed E-state index contributed by atoms with van der Waals surface area (Å²) in [7, 11) is 1.37. The molecule has 0 heterocycles. The Morgan fingerprint density at radius 1 is 1.31 bits per heavy atom. The molecule has 5 heteroatoms.